The van der Waals surface area contributed by atoms with Crippen molar-refractivity contribution < 1.29 is 9.59 Å². The van der Waals surface area contributed by atoms with Crippen LogP contribution in [0.5, 0.6) is 0 Å². The lowest BCUT2D eigenvalue weighted by Crippen LogP contribution is -2.40. The molecule has 2 aromatic rings. The van der Waals surface area contributed by atoms with Crippen molar-refractivity contribution >= 4 is 34.3 Å². The number of carbonyl (C=O) groups is 2. The lowest BCUT2D eigenvalue weighted by atomic mass is 10.2. The summed E-state index contributed by atoms with van der Waals surface area (Å²) in [5.41, 5.74) is 1.31. The molecule has 2 N–H and O–H groups in total. The number of rotatable bonds is 4. The van der Waals surface area contributed by atoms with E-state index in [9.17, 15) is 9.59 Å². The Hall–Kier alpha value is -2.05. The van der Waals surface area contributed by atoms with E-state index in [0.29, 0.717) is 43.4 Å². The number of para-hydroxylation sites is 1. The number of amides is 2. The third kappa shape index (κ3) is 3.96. The molecule has 1 fully saturated rings. The minimum Gasteiger partial charge on any atom is -0.355 e. The Morgan fingerprint density at radius 1 is 1.20 bits per heavy atom. The van der Waals surface area contributed by atoms with Crippen LogP contribution in [-0.4, -0.2) is 65.9 Å². The van der Waals surface area contributed by atoms with Crippen molar-refractivity contribution in [2.24, 2.45) is 0 Å². The average Bonchev–Trinajstić information content (AvgIpc) is 2.78. The summed E-state index contributed by atoms with van der Waals surface area (Å²) in [5.74, 6) is -0.0537. The SMILES string of the molecule is CCNC(=O)CN1CCCN(C(=O)c2[nH]c3ccccc3c2Cl)CC1. The second-order valence-corrected chi connectivity index (χ2v) is 6.61. The zero-order valence-corrected chi connectivity index (χ0v) is 15.1. The van der Waals surface area contributed by atoms with Gasteiger partial charge in [-0.15, -0.1) is 0 Å². The first-order valence-electron chi connectivity index (χ1n) is 8.64. The number of nitrogens with one attached hydrogen (secondary N) is 2. The summed E-state index contributed by atoms with van der Waals surface area (Å²) >= 11 is 6.40. The number of carbonyl (C=O) groups excluding carboxylic acids is 2. The number of hydrogen-bond acceptors (Lipinski definition) is 3. The van der Waals surface area contributed by atoms with Crippen LogP contribution in [0.3, 0.4) is 0 Å². The third-order valence-electron chi connectivity index (χ3n) is 4.47. The topological polar surface area (TPSA) is 68.4 Å². The highest BCUT2D eigenvalue weighted by molar-refractivity contribution is 6.38. The number of nitrogens with zero attached hydrogens (tertiary/aromatic N) is 2. The summed E-state index contributed by atoms with van der Waals surface area (Å²) in [4.78, 5) is 31.7. The highest BCUT2D eigenvalue weighted by Crippen LogP contribution is 2.28. The molecule has 0 bridgehead atoms. The van der Waals surface area contributed by atoms with Gasteiger partial charge < -0.3 is 15.2 Å². The summed E-state index contributed by atoms with van der Waals surface area (Å²) < 4.78 is 0. The van der Waals surface area contributed by atoms with Gasteiger partial charge in [-0.2, -0.15) is 0 Å². The lowest BCUT2D eigenvalue weighted by molar-refractivity contribution is -0.122. The Kier molecular flexibility index (Phi) is 5.60. The molecule has 2 amide bonds. The number of hydrogen-bond donors (Lipinski definition) is 2. The predicted octanol–water partition coefficient (Wildman–Crippen LogP) is 2.11. The second kappa shape index (κ2) is 7.89. The van der Waals surface area contributed by atoms with E-state index in [4.69, 9.17) is 11.6 Å². The van der Waals surface area contributed by atoms with Gasteiger partial charge in [0.15, 0.2) is 0 Å². The Morgan fingerprint density at radius 3 is 2.76 bits per heavy atom. The van der Waals surface area contributed by atoms with Crippen LogP contribution in [-0.2, 0) is 4.79 Å². The van der Waals surface area contributed by atoms with E-state index in [1.807, 2.05) is 36.1 Å². The van der Waals surface area contributed by atoms with Crippen LogP contribution in [0.2, 0.25) is 5.02 Å². The fraction of sp³-hybridized carbons (Fsp3) is 0.444. The quantitative estimate of drug-likeness (QED) is 0.875. The number of halogens is 1. The molecular formula is C18H23ClN4O2. The summed E-state index contributed by atoms with van der Waals surface area (Å²) in [7, 11) is 0. The van der Waals surface area contributed by atoms with E-state index >= 15 is 0 Å². The summed E-state index contributed by atoms with van der Waals surface area (Å²) in [6.07, 6.45) is 0.836. The van der Waals surface area contributed by atoms with E-state index in [1.165, 1.54) is 0 Å². The summed E-state index contributed by atoms with van der Waals surface area (Å²) in [5, 5.41) is 4.15. The molecule has 1 aliphatic heterocycles. The zero-order valence-electron chi connectivity index (χ0n) is 14.3. The lowest BCUT2D eigenvalue weighted by Gasteiger charge is -2.21. The van der Waals surface area contributed by atoms with Crippen molar-refractivity contribution in [3.05, 3.63) is 35.0 Å². The van der Waals surface area contributed by atoms with E-state index in [1.54, 1.807) is 0 Å². The number of fused-ring (bicyclic) bond motifs is 1. The molecule has 1 aromatic heterocycles. The molecule has 1 aliphatic rings. The van der Waals surface area contributed by atoms with Gasteiger partial charge in [-0.05, 0) is 19.4 Å². The summed E-state index contributed by atoms with van der Waals surface area (Å²) in [6, 6.07) is 7.63. The van der Waals surface area contributed by atoms with Gasteiger partial charge in [0.1, 0.15) is 5.69 Å². The number of likely N-dealkylation sites (N-methyl/N-ethyl adjacent to an activating group) is 1. The number of aromatic nitrogens is 1. The average molecular weight is 363 g/mol. The van der Waals surface area contributed by atoms with Gasteiger partial charge in [0.2, 0.25) is 5.91 Å². The van der Waals surface area contributed by atoms with Gasteiger partial charge in [0.05, 0.1) is 11.6 Å². The van der Waals surface area contributed by atoms with Crippen LogP contribution in [0.1, 0.15) is 23.8 Å². The van der Waals surface area contributed by atoms with Crippen molar-refractivity contribution in [3.8, 4) is 0 Å². The van der Waals surface area contributed by atoms with Crippen LogP contribution in [0.25, 0.3) is 10.9 Å². The first kappa shape index (κ1) is 17.8. The van der Waals surface area contributed by atoms with E-state index < -0.39 is 0 Å². The van der Waals surface area contributed by atoms with Crippen LogP contribution in [0.15, 0.2) is 24.3 Å². The van der Waals surface area contributed by atoms with Gasteiger partial charge in [-0.25, -0.2) is 0 Å². The fourth-order valence-corrected chi connectivity index (χ4v) is 3.49. The molecule has 25 heavy (non-hydrogen) atoms. The maximum Gasteiger partial charge on any atom is 0.271 e. The molecule has 1 saturated heterocycles. The summed E-state index contributed by atoms with van der Waals surface area (Å²) in [6.45, 7) is 5.66. The molecule has 0 aliphatic carbocycles. The van der Waals surface area contributed by atoms with E-state index in [0.717, 1.165) is 23.9 Å². The van der Waals surface area contributed by atoms with E-state index in [-0.39, 0.29) is 11.8 Å². The standard InChI is InChI=1S/C18H23ClN4O2/c1-2-20-15(24)12-22-8-5-9-23(11-10-22)18(25)17-16(19)13-6-3-4-7-14(13)21-17/h3-4,6-7,21H,2,5,8-12H2,1H3,(H,20,24). The Morgan fingerprint density at radius 2 is 2.00 bits per heavy atom. The van der Waals surface area contributed by atoms with Crippen molar-refractivity contribution in [1.29, 1.82) is 0 Å². The first-order chi connectivity index (χ1) is 12.1. The van der Waals surface area contributed by atoms with Crippen LogP contribution in [0, 0.1) is 0 Å². The van der Waals surface area contributed by atoms with Crippen molar-refractivity contribution in [1.82, 2.24) is 20.1 Å². The highest BCUT2D eigenvalue weighted by Gasteiger charge is 2.24. The molecule has 0 spiro atoms. The second-order valence-electron chi connectivity index (χ2n) is 6.23. The number of benzene rings is 1. The van der Waals surface area contributed by atoms with Gasteiger partial charge in [0.25, 0.3) is 5.91 Å². The predicted molar refractivity (Wildman–Crippen MR) is 99.0 cm³/mol. The monoisotopic (exact) mass is 362 g/mol. The number of H-pyrrole nitrogens is 1. The molecular weight excluding hydrogens is 340 g/mol. The minimum atomic E-state index is -0.0824. The molecule has 134 valence electrons. The number of aromatic amines is 1. The molecule has 0 radical (unpaired) electrons. The van der Waals surface area contributed by atoms with Crippen molar-refractivity contribution in [2.45, 2.75) is 13.3 Å². The maximum absolute atomic E-state index is 12.9. The minimum absolute atomic E-state index is 0.0286. The maximum atomic E-state index is 12.9. The molecule has 1 aromatic carbocycles. The first-order valence-corrected chi connectivity index (χ1v) is 9.02. The van der Waals surface area contributed by atoms with E-state index in [2.05, 4.69) is 15.2 Å². The van der Waals surface area contributed by atoms with Crippen LogP contribution < -0.4 is 5.32 Å². The zero-order chi connectivity index (χ0) is 17.8. The molecule has 0 unspecified atom stereocenters. The highest BCUT2D eigenvalue weighted by atomic mass is 35.5. The van der Waals surface area contributed by atoms with Gasteiger partial charge in [0, 0.05) is 43.6 Å². The third-order valence-corrected chi connectivity index (χ3v) is 4.87. The fourth-order valence-electron chi connectivity index (χ4n) is 3.20. The van der Waals surface area contributed by atoms with Crippen molar-refractivity contribution in [3.63, 3.8) is 0 Å². The van der Waals surface area contributed by atoms with Gasteiger partial charge >= 0.3 is 0 Å². The molecule has 6 nitrogen and oxygen atoms in total. The van der Waals surface area contributed by atoms with Gasteiger partial charge in [-0.3, -0.25) is 14.5 Å². The van der Waals surface area contributed by atoms with Crippen LogP contribution >= 0.6 is 11.6 Å². The largest absolute Gasteiger partial charge is 0.355 e. The van der Waals surface area contributed by atoms with Crippen LogP contribution in [0.4, 0.5) is 0 Å². The molecule has 2 heterocycles. The Labute approximate surface area is 152 Å². The van der Waals surface area contributed by atoms with Crippen molar-refractivity contribution in [2.75, 3.05) is 39.3 Å². The molecule has 0 saturated carbocycles. The Bertz CT molecular complexity index is 774. The normalized spacial score (nSPS) is 16.0. The Balaban J connectivity index is 1.68. The molecule has 7 heteroatoms. The molecule has 0 atom stereocenters. The van der Waals surface area contributed by atoms with Gasteiger partial charge in [-0.1, -0.05) is 29.8 Å². The smallest absolute Gasteiger partial charge is 0.271 e. The molecule has 3 rings (SSSR count).